The predicted octanol–water partition coefficient (Wildman–Crippen LogP) is 1.63. The van der Waals surface area contributed by atoms with Crippen molar-refractivity contribution in [2.45, 2.75) is 6.42 Å². The average Bonchev–Trinajstić information content (AvgIpc) is 2.91. The highest BCUT2D eigenvalue weighted by molar-refractivity contribution is 5.89. The molecule has 2 unspecified atom stereocenters. The summed E-state index contributed by atoms with van der Waals surface area (Å²) in [7, 11) is 0. The molecule has 0 aromatic heterocycles. The topological polar surface area (TPSA) is 68.2 Å². The Balaban J connectivity index is 1.63. The van der Waals surface area contributed by atoms with E-state index in [2.05, 4.69) is 16.7 Å². The molecule has 0 bridgehead atoms. The zero-order valence-electron chi connectivity index (χ0n) is 11.3. The number of anilines is 1. The van der Waals surface area contributed by atoms with Crippen LogP contribution in [0.1, 0.15) is 12.0 Å². The number of piperidine rings is 1. The lowest BCUT2D eigenvalue weighted by Crippen LogP contribution is -2.35. The van der Waals surface area contributed by atoms with Gasteiger partial charge in [0.15, 0.2) is 0 Å². The maximum atomic E-state index is 12.3. The molecule has 1 aromatic rings. The summed E-state index contributed by atoms with van der Waals surface area (Å²) in [5.41, 5.74) is 1.24. The third-order valence-corrected chi connectivity index (χ3v) is 4.21. The molecule has 5 heteroatoms. The first-order valence-corrected chi connectivity index (χ1v) is 7.03. The van der Waals surface area contributed by atoms with Crippen molar-refractivity contribution in [2.75, 3.05) is 31.5 Å². The monoisotopic (exact) mass is 270 g/mol. The van der Waals surface area contributed by atoms with Crippen LogP contribution in [0.15, 0.2) is 24.3 Å². The number of hydrogen-bond donors (Lipinski definition) is 2. The summed E-state index contributed by atoms with van der Waals surface area (Å²) in [6.45, 7) is 3.73. The second-order valence-corrected chi connectivity index (χ2v) is 5.54. The number of hydrogen-bond acceptors (Lipinski definition) is 3. The minimum absolute atomic E-state index is 0.0607. The molecule has 2 aliphatic rings. The fourth-order valence-corrected chi connectivity index (χ4v) is 3.11. The summed E-state index contributed by atoms with van der Waals surface area (Å²) in [5, 5.41) is 15.1. The SMILES string of the molecule is N#Cc1cccc(NC(=O)N2CC3CCNCC3C2)c1. The zero-order valence-corrected chi connectivity index (χ0v) is 11.3. The highest BCUT2D eigenvalue weighted by Gasteiger charge is 2.36. The van der Waals surface area contributed by atoms with E-state index in [1.807, 2.05) is 11.0 Å². The van der Waals surface area contributed by atoms with Gasteiger partial charge >= 0.3 is 6.03 Å². The lowest BCUT2D eigenvalue weighted by atomic mass is 9.90. The average molecular weight is 270 g/mol. The molecule has 0 saturated carbocycles. The highest BCUT2D eigenvalue weighted by atomic mass is 16.2. The second-order valence-electron chi connectivity index (χ2n) is 5.54. The highest BCUT2D eigenvalue weighted by Crippen LogP contribution is 2.28. The summed E-state index contributed by atoms with van der Waals surface area (Å²) in [6, 6.07) is 9.03. The molecule has 2 amide bonds. The van der Waals surface area contributed by atoms with E-state index in [1.54, 1.807) is 18.2 Å². The number of amides is 2. The summed E-state index contributed by atoms with van der Waals surface area (Å²) >= 11 is 0. The first kappa shape index (κ1) is 12.9. The minimum atomic E-state index is -0.0607. The van der Waals surface area contributed by atoms with E-state index in [0.717, 1.165) is 32.6 Å². The van der Waals surface area contributed by atoms with Crippen molar-refractivity contribution in [3.63, 3.8) is 0 Å². The molecule has 2 saturated heterocycles. The normalized spacial score (nSPS) is 24.9. The van der Waals surface area contributed by atoms with Gasteiger partial charge in [-0.25, -0.2) is 4.79 Å². The number of carbonyl (C=O) groups is 1. The Hall–Kier alpha value is -2.06. The van der Waals surface area contributed by atoms with Gasteiger partial charge in [-0.05, 0) is 49.5 Å². The van der Waals surface area contributed by atoms with Gasteiger partial charge in [0, 0.05) is 18.8 Å². The van der Waals surface area contributed by atoms with Crippen LogP contribution in [0.3, 0.4) is 0 Å². The van der Waals surface area contributed by atoms with Crippen LogP contribution < -0.4 is 10.6 Å². The number of carbonyl (C=O) groups excluding carboxylic acids is 1. The van der Waals surface area contributed by atoms with Crippen LogP contribution in [0.5, 0.6) is 0 Å². The standard InChI is InChI=1S/C15H18N4O/c16-7-11-2-1-3-14(6-11)18-15(20)19-9-12-4-5-17-8-13(12)10-19/h1-3,6,12-13,17H,4-5,8-10H2,(H,18,20). The predicted molar refractivity (Wildman–Crippen MR) is 76.2 cm³/mol. The Kier molecular flexibility index (Phi) is 3.57. The molecule has 2 N–H and O–H groups in total. The van der Waals surface area contributed by atoms with Crippen LogP contribution in [0.2, 0.25) is 0 Å². The third-order valence-electron chi connectivity index (χ3n) is 4.21. The van der Waals surface area contributed by atoms with Crippen molar-refractivity contribution >= 4 is 11.7 Å². The van der Waals surface area contributed by atoms with Gasteiger partial charge < -0.3 is 15.5 Å². The Morgan fingerprint density at radius 1 is 1.40 bits per heavy atom. The van der Waals surface area contributed by atoms with E-state index >= 15 is 0 Å². The zero-order chi connectivity index (χ0) is 13.9. The van der Waals surface area contributed by atoms with Crippen molar-refractivity contribution in [1.29, 1.82) is 5.26 Å². The molecule has 2 fully saturated rings. The first-order chi connectivity index (χ1) is 9.76. The molecule has 1 aromatic carbocycles. The quantitative estimate of drug-likeness (QED) is 0.815. The lowest BCUT2D eigenvalue weighted by molar-refractivity contribution is 0.220. The van der Waals surface area contributed by atoms with E-state index in [4.69, 9.17) is 5.26 Å². The van der Waals surface area contributed by atoms with Crippen LogP contribution in [-0.4, -0.2) is 37.1 Å². The maximum Gasteiger partial charge on any atom is 0.321 e. The Morgan fingerprint density at radius 2 is 2.25 bits per heavy atom. The number of likely N-dealkylation sites (tertiary alicyclic amines) is 1. The fraction of sp³-hybridized carbons (Fsp3) is 0.467. The molecule has 3 rings (SSSR count). The number of urea groups is 1. The van der Waals surface area contributed by atoms with Gasteiger partial charge in [-0.3, -0.25) is 0 Å². The van der Waals surface area contributed by atoms with Crippen molar-refractivity contribution in [3.8, 4) is 6.07 Å². The number of nitriles is 1. The molecule has 2 aliphatic heterocycles. The second kappa shape index (κ2) is 5.51. The molecule has 0 spiro atoms. The van der Waals surface area contributed by atoms with E-state index in [9.17, 15) is 4.79 Å². The van der Waals surface area contributed by atoms with E-state index in [1.165, 1.54) is 0 Å². The molecule has 2 atom stereocenters. The Bertz CT molecular complexity index is 537. The lowest BCUT2D eigenvalue weighted by Gasteiger charge is -2.23. The van der Waals surface area contributed by atoms with E-state index in [0.29, 0.717) is 23.1 Å². The van der Waals surface area contributed by atoms with Crippen LogP contribution in [0.25, 0.3) is 0 Å². The molecule has 104 valence electrons. The maximum absolute atomic E-state index is 12.3. The van der Waals surface area contributed by atoms with Gasteiger partial charge in [0.25, 0.3) is 0 Å². The van der Waals surface area contributed by atoms with Crippen LogP contribution >= 0.6 is 0 Å². The van der Waals surface area contributed by atoms with E-state index in [-0.39, 0.29) is 6.03 Å². The Morgan fingerprint density at radius 3 is 3.05 bits per heavy atom. The van der Waals surface area contributed by atoms with Gasteiger partial charge in [-0.15, -0.1) is 0 Å². The van der Waals surface area contributed by atoms with Crippen molar-refractivity contribution in [1.82, 2.24) is 10.2 Å². The molecule has 20 heavy (non-hydrogen) atoms. The molecular formula is C15H18N4O. The smallest absolute Gasteiger partial charge is 0.321 e. The minimum Gasteiger partial charge on any atom is -0.324 e. The van der Waals surface area contributed by atoms with Gasteiger partial charge in [0.1, 0.15) is 0 Å². The molecular weight excluding hydrogens is 252 g/mol. The summed E-state index contributed by atoms with van der Waals surface area (Å²) in [5.74, 6) is 1.22. The van der Waals surface area contributed by atoms with Crippen LogP contribution in [0, 0.1) is 23.2 Å². The number of fused-ring (bicyclic) bond motifs is 1. The van der Waals surface area contributed by atoms with Crippen LogP contribution in [0.4, 0.5) is 10.5 Å². The van der Waals surface area contributed by atoms with E-state index < -0.39 is 0 Å². The third kappa shape index (κ3) is 2.61. The number of benzene rings is 1. The summed E-state index contributed by atoms with van der Waals surface area (Å²) in [4.78, 5) is 14.2. The summed E-state index contributed by atoms with van der Waals surface area (Å²) < 4.78 is 0. The van der Waals surface area contributed by atoms with Gasteiger partial charge in [0.05, 0.1) is 11.6 Å². The largest absolute Gasteiger partial charge is 0.324 e. The van der Waals surface area contributed by atoms with Gasteiger partial charge in [0.2, 0.25) is 0 Å². The number of rotatable bonds is 1. The van der Waals surface area contributed by atoms with Crippen molar-refractivity contribution in [2.24, 2.45) is 11.8 Å². The molecule has 5 nitrogen and oxygen atoms in total. The summed E-state index contributed by atoms with van der Waals surface area (Å²) in [6.07, 6.45) is 1.15. The molecule has 2 heterocycles. The first-order valence-electron chi connectivity index (χ1n) is 7.03. The Labute approximate surface area is 118 Å². The van der Waals surface area contributed by atoms with Gasteiger partial charge in [-0.2, -0.15) is 5.26 Å². The van der Waals surface area contributed by atoms with Crippen molar-refractivity contribution in [3.05, 3.63) is 29.8 Å². The van der Waals surface area contributed by atoms with Gasteiger partial charge in [-0.1, -0.05) is 6.07 Å². The molecule has 0 radical (unpaired) electrons. The fourth-order valence-electron chi connectivity index (χ4n) is 3.11. The molecule has 0 aliphatic carbocycles. The van der Waals surface area contributed by atoms with Crippen molar-refractivity contribution < 1.29 is 4.79 Å². The number of nitrogens with one attached hydrogen (secondary N) is 2. The number of nitrogens with zero attached hydrogens (tertiary/aromatic N) is 2. The van der Waals surface area contributed by atoms with Crippen LogP contribution in [-0.2, 0) is 0 Å².